The van der Waals surface area contributed by atoms with Crippen LogP contribution >= 0.6 is 11.6 Å². The zero-order valence-corrected chi connectivity index (χ0v) is 15.6. The van der Waals surface area contributed by atoms with Gasteiger partial charge >= 0.3 is 5.97 Å². The largest absolute Gasteiger partial charge is 0.478 e. The Labute approximate surface area is 156 Å². The zero-order chi connectivity index (χ0) is 17.6. The smallest absolute Gasteiger partial charge is 0.327 e. The average molecular weight is 361 g/mol. The predicted molar refractivity (Wildman–Crippen MR) is 103 cm³/mol. The molecule has 2 aliphatic carbocycles. The van der Waals surface area contributed by atoms with E-state index < -0.39 is 5.97 Å². The normalized spacial score (nSPS) is 30.4. The lowest BCUT2D eigenvalue weighted by Crippen LogP contribution is -2.25. The van der Waals surface area contributed by atoms with Gasteiger partial charge in [-0.1, -0.05) is 29.8 Å². The maximum absolute atomic E-state index is 10.6. The number of carboxylic acid groups (broad SMARTS) is 1. The van der Waals surface area contributed by atoms with Gasteiger partial charge in [-0.3, -0.25) is 0 Å². The van der Waals surface area contributed by atoms with Gasteiger partial charge in [0.05, 0.1) is 0 Å². The lowest BCUT2D eigenvalue weighted by molar-refractivity contribution is -0.131. The summed E-state index contributed by atoms with van der Waals surface area (Å²) in [6.07, 6.45) is 14.6. The van der Waals surface area contributed by atoms with E-state index in [4.69, 9.17) is 16.7 Å². The molecule has 2 aliphatic rings. The maximum atomic E-state index is 10.6. The van der Waals surface area contributed by atoms with Gasteiger partial charge in [0.15, 0.2) is 0 Å². The molecule has 1 aromatic carbocycles. The van der Waals surface area contributed by atoms with Gasteiger partial charge in [-0.25, -0.2) is 4.79 Å². The molecule has 2 fully saturated rings. The van der Waals surface area contributed by atoms with Gasteiger partial charge in [-0.15, -0.1) is 0 Å². The zero-order valence-electron chi connectivity index (χ0n) is 14.9. The van der Waals surface area contributed by atoms with Gasteiger partial charge in [0.25, 0.3) is 0 Å². The standard InChI is InChI=1S/C22H29ClO2/c23-21-14-12-20(13-15-21)19-10-8-18(9-11-19)17-6-4-16(5-7-17)2-1-3-22(24)25/h1,3,12-19H,2,4-11H2,(H,24,25)/b3-1+/t16-,17-,18-,19-. The fraction of sp³-hybridized carbons (Fsp3) is 0.591. The van der Waals surface area contributed by atoms with Crippen molar-refractivity contribution in [1.29, 1.82) is 0 Å². The minimum atomic E-state index is -0.828. The second kappa shape index (κ2) is 8.89. The molecule has 0 aromatic heterocycles. The fourth-order valence-electron chi connectivity index (χ4n) is 4.92. The van der Waals surface area contributed by atoms with E-state index in [-0.39, 0.29) is 0 Å². The van der Waals surface area contributed by atoms with Gasteiger partial charge in [0, 0.05) is 11.1 Å². The van der Waals surface area contributed by atoms with Crippen molar-refractivity contribution in [3.63, 3.8) is 0 Å². The third-order valence-corrected chi connectivity index (χ3v) is 6.65. The Morgan fingerprint density at radius 1 is 0.960 bits per heavy atom. The Hall–Kier alpha value is -1.28. The van der Waals surface area contributed by atoms with Gasteiger partial charge in [-0.05, 0) is 99.2 Å². The first-order valence-electron chi connectivity index (χ1n) is 9.76. The van der Waals surface area contributed by atoms with E-state index in [2.05, 4.69) is 12.1 Å². The number of benzene rings is 1. The molecule has 0 aliphatic heterocycles. The van der Waals surface area contributed by atoms with Crippen molar-refractivity contribution in [2.75, 3.05) is 0 Å². The second-order valence-electron chi connectivity index (χ2n) is 7.92. The number of allylic oxidation sites excluding steroid dienone is 1. The van der Waals surface area contributed by atoms with Gasteiger partial charge in [-0.2, -0.15) is 0 Å². The number of carbonyl (C=O) groups is 1. The van der Waals surface area contributed by atoms with E-state index in [0.29, 0.717) is 11.8 Å². The molecule has 0 atom stereocenters. The third kappa shape index (κ3) is 5.34. The SMILES string of the molecule is O=C(O)/C=C/C[C@H]1CC[C@H]([C@H]2CC[C@H](c3ccc(Cl)cc3)CC2)CC1. The van der Waals surface area contributed by atoms with E-state index in [0.717, 1.165) is 23.3 Å². The van der Waals surface area contributed by atoms with Crippen LogP contribution in [-0.2, 0) is 4.79 Å². The number of hydrogen-bond donors (Lipinski definition) is 1. The van der Waals surface area contributed by atoms with Crippen LogP contribution in [0.2, 0.25) is 5.02 Å². The predicted octanol–water partition coefficient (Wildman–Crippen LogP) is 6.45. The molecular weight excluding hydrogens is 332 g/mol. The van der Waals surface area contributed by atoms with Crippen molar-refractivity contribution in [2.24, 2.45) is 17.8 Å². The quantitative estimate of drug-likeness (QED) is 0.612. The van der Waals surface area contributed by atoms with Crippen molar-refractivity contribution >= 4 is 17.6 Å². The van der Waals surface area contributed by atoms with Gasteiger partial charge in [0.2, 0.25) is 0 Å². The minimum absolute atomic E-state index is 0.692. The molecule has 1 aromatic rings. The Balaban J connectivity index is 1.42. The van der Waals surface area contributed by atoms with Crippen molar-refractivity contribution in [3.8, 4) is 0 Å². The van der Waals surface area contributed by atoms with Gasteiger partial charge in [0.1, 0.15) is 0 Å². The van der Waals surface area contributed by atoms with Crippen LogP contribution in [0.25, 0.3) is 0 Å². The topological polar surface area (TPSA) is 37.3 Å². The Morgan fingerprint density at radius 2 is 1.52 bits per heavy atom. The van der Waals surface area contributed by atoms with E-state index in [1.807, 2.05) is 18.2 Å². The highest BCUT2D eigenvalue weighted by Gasteiger charge is 2.30. The number of hydrogen-bond acceptors (Lipinski definition) is 1. The van der Waals surface area contributed by atoms with Crippen LogP contribution in [0.5, 0.6) is 0 Å². The molecule has 0 unspecified atom stereocenters. The minimum Gasteiger partial charge on any atom is -0.478 e. The van der Waals surface area contributed by atoms with Crippen molar-refractivity contribution in [3.05, 3.63) is 47.0 Å². The second-order valence-corrected chi connectivity index (χ2v) is 8.36. The molecule has 0 saturated heterocycles. The Bertz CT molecular complexity index is 577. The number of rotatable bonds is 5. The van der Waals surface area contributed by atoms with Crippen LogP contribution in [0, 0.1) is 17.8 Å². The number of aliphatic carboxylic acids is 1. The lowest BCUT2D eigenvalue weighted by Gasteiger charge is -2.38. The number of carboxylic acids is 1. The highest BCUT2D eigenvalue weighted by molar-refractivity contribution is 6.30. The summed E-state index contributed by atoms with van der Waals surface area (Å²) in [5, 5.41) is 9.51. The molecule has 0 spiro atoms. The highest BCUT2D eigenvalue weighted by Crippen LogP contribution is 2.44. The average Bonchev–Trinajstić information content (AvgIpc) is 2.63. The molecule has 0 heterocycles. The summed E-state index contributed by atoms with van der Waals surface area (Å²) in [5.41, 5.74) is 1.46. The summed E-state index contributed by atoms with van der Waals surface area (Å²) in [4.78, 5) is 10.6. The first-order valence-corrected chi connectivity index (χ1v) is 10.1. The lowest BCUT2D eigenvalue weighted by atomic mass is 9.68. The van der Waals surface area contributed by atoms with E-state index in [1.54, 1.807) is 0 Å². The van der Waals surface area contributed by atoms with E-state index >= 15 is 0 Å². The molecule has 1 N–H and O–H groups in total. The van der Waals surface area contributed by atoms with Crippen LogP contribution in [0.3, 0.4) is 0 Å². The van der Waals surface area contributed by atoms with Crippen molar-refractivity contribution in [2.45, 2.75) is 63.7 Å². The maximum Gasteiger partial charge on any atom is 0.327 e. The Morgan fingerprint density at radius 3 is 2.08 bits per heavy atom. The van der Waals surface area contributed by atoms with Gasteiger partial charge < -0.3 is 5.11 Å². The monoisotopic (exact) mass is 360 g/mol. The molecule has 0 radical (unpaired) electrons. The third-order valence-electron chi connectivity index (χ3n) is 6.40. The van der Waals surface area contributed by atoms with Crippen molar-refractivity contribution < 1.29 is 9.90 Å². The molecular formula is C22H29ClO2. The molecule has 2 nitrogen and oxygen atoms in total. The molecule has 3 rings (SSSR count). The molecule has 25 heavy (non-hydrogen) atoms. The number of halogens is 1. The summed E-state index contributed by atoms with van der Waals surface area (Å²) in [7, 11) is 0. The highest BCUT2D eigenvalue weighted by atomic mass is 35.5. The fourth-order valence-corrected chi connectivity index (χ4v) is 5.04. The van der Waals surface area contributed by atoms with Crippen LogP contribution in [0.4, 0.5) is 0 Å². The summed E-state index contributed by atoms with van der Waals surface area (Å²) >= 11 is 6.00. The molecule has 0 amide bonds. The van der Waals surface area contributed by atoms with Crippen molar-refractivity contribution in [1.82, 2.24) is 0 Å². The summed E-state index contributed by atoms with van der Waals surface area (Å²) in [5.74, 6) is 2.37. The molecule has 2 saturated carbocycles. The summed E-state index contributed by atoms with van der Waals surface area (Å²) in [6.45, 7) is 0. The van der Waals surface area contributed by atoms with Crippen LogP contribution in [0.1, 0.15) is 69.3 Å². The van der Waals surface area contributed by atoms with Crippen LogP contribution in [-0.4, -0.2) is 11.1 Å². The first-order chi connectivity index (χ1) is 12.1. The molecule has 3 heteroatoms. The summed E-state index contributed by atoms with van der Waals surface area (Å²) < 4.78 is 0. The van der Waals surface area contributed by atoms with Crippen LogP contribution in [0.15, 0.2) is 36.4 Å². The van der Waals surface area contributed by atoms with E-state index in [9.17, 15) is 4.79 Å². The Kier molecular flexibility index (Phi) is 6.58. The first kappa shape index (κ1) is 18.5. The molecule has 136 valence electrons. The van der Waals surface area contributed by atoms with E-state index in [1.165, 1.54) is 63.0 Å². The van der Waals surface area contributed by atoms with Crippen LogP contribution < -0.4 is 0 Å². The summed E-state index contributed by atoms with van der Waals surface area (Å²) in [6, 6.07) is 8.43. The molecule has 0 bridgehead atoms.